The van der Waals surface area contributed by atoms with Gasteiger partial charge < -0.3 is 10.4 Å². The molecule has 0 heterocycles. The summed E-state index contributed by atoms with van der Waals surface area (Å²) in [7, 11) is -3.48. The minimum Gasteiger partial charge on any atom is -0.478 e. The highest BCUT2D eigenvalue weighted by molar-refractivity contribution is 7.89. The Labute approximate surface area is 278 Å². The number of rotatable bonds is 8. The summed E-state index contributed by atoms with van der Waals surface area (Å²) in [5.74, 6) is 2.08. The molecule has 9 unspecified atom stereocenters. The Bertz CT molecular complexity index is 1530. The summed E-state index contributed by atoms with van der Waals surface area (Å²) >= 11 is 0. The summed E-state index contributed by atoms with van der Waals surface area (Å²) in [6.45, 7) is 20.9. The number of nitrogens with two attached hydrogens (primary N) is 1. The van der Waals surface area contributed by atoms with Crippen LogP contribution in [0.4, 0.5) is 0 Å². The lowest BCUT2D eigenvalue weighted by molar-refractivity contribution is -0.225. The van der Waals surface area contributed by atoms with Gasteiger partial charge in [0.15, 0.2) is 0 Å². The van der Waals surface area contributed by atoms with E-state index in [-0.39, 0.29) is 32.8 Å². The molecular weight excluding hydrogens is 593 g/mol. The minimum atomic E-state index is -3.48. The molecule has 4 saturated carbocycles. The molecule has 1 aromatic rings. The Morgan fingerprint density at radius 3 is 2.28 bits per heavy atom. The second-order valence-corrected chi connectivity index (χ2v) is 19.3. The van der Waals surface area contributed by atoms with Gasteiger partial charge in [0.25, 0.3) is 0 Å². The molecule has 0 aliphatic heterocycles. The molecule has 4 fully saturated rings. The maximum atomic E-state index is 11.6. The molecule has 0 bridgehead atoms. The van der Waals surface area contributed by atoms with Crippen molar-refractivity contribution in [3.63, 3.8) is 0 Å². The van der Waals surface area contributed by atoms with Crippen LogP contribution >= 0.6 is 0 Å². The molecule has 254 valence electrons. The van der Waals surface area contributed by atoms with E-state index in [0.29, 0.717) is 41.7 Å². The standard InChI is InChI=1S/C39H58N2O4S/c1-25(2)28-14-19-39(24-41-22-23-46(40,44)45)21-20-37(6)30(33(28)39)12-13-32-36(5)17-15-29(26-8-10-27(11-9-26)34(42)43)35(3,4)31(36)16-18-38(32,37)7/h8-11,15,28,30-33,41H,1,12-14,16-24H2,2-7H3,(H,42,43)(H2,40,44,45). The topological polar surface area (TPSA) is 109 Å². The number of aromatic carboxylic acids is 1. The number of primary sulfonamides is 1. The van der Waals surface area contributed by atoms with Crippen LogP contribution in [0.1, 0.15) is 115 Å². The summed E-state index contributed by atoms with van der Waals surface area (Å²) in [4.78, 5) is 11.5. The van der Waals surface area contributed by atoms with E-state index in [1.807, 2.05) is 12.1 Å². The summed E-state index contributed by atoms with van der Waals surface area (Å²) < 4.78 is 23.3. The van der Waals surface area contributed by atoms with Gasteiger partial charge in [0, 0.05) is 13.1 Å². The first-order valence-corrected chi connectivity index (χ1v) is 19.5. The van der Waals surface area contributed by atoms with Crippen LogP contribution in [0, 0.1) is 56.7 Å². The second-order valence-electron chi connectivity index (χ2n) is 17.5. The zero-order chi connectivity index (χ0) is 33.5. The number of fused-ring (bicyclic) bond motifs is 7. The number of carboxylic acids is 1. The van der Waals surface area contributed by atoms with Crippen LogP contribution in [-0.4, -0.2) is 38.3 Å². The summed E-state index contributed by atoms with van der Waals surface area (Å²) in [5.41, 5.74) is 5.10. The normalized spacial score (nSPS) is 41.4. The van der Waals surface area contributed by atoms with Crippen LogP contribution in [0.25, 0.3) is 5.57 Å². The van der Waals surface area contributed by atoms with Gasteiger partial charge in [-0.15, -0.1) is 0 Å². The number of carbonyl (C=O) groups is 1. The van der Waals surface area contributed by atoms with Crippen molar-refractivity contribution in [1.82, 2.24) is 5.32 Å². The SMILES string of the molecule is C=C(C)C1CCC2(CNCCS(N)(=O)=O)CCC3(C)C(CCC4C5(C)CC=C(c6ccc(C(=O)O)cc6)C(C)(C)C5CCC43C)C12. The number of hydrogen-bond acceptors (Lipinski definition) is 4. The monoisotopic (exact) mass is 650 g/mol. The highest BCUT2D eigenvalue weighted by Gasteiger charge is 2.70. The smallest absolute Gasteiger partial charge is 0.335 e. The third kappa shape index (κ3) is 5.08. The summed E-state index contributed by atoms with van der Waals surface area (Å²) in [6, 6.07) is 7.53. The second kappa shape index (κ2) is 11.3. The third-order valence-corrected chi connectivity index (χ3v) is 16.1. The molecule has 46 heavy (non-hydrogen) atoms. The van der Waals surface area contributed by atoms with Gasteiger partial charge in [0.1, 0.15) is 0 Å². The van der Waals surface area contributed by atoms with E-state index in [9.17, 15) is 18.3 Å². The molecule has 0 spiro atoms. The first kappa shape index (κ1) is 33.9. The number of benzene rings is 1. The Hall–Kier alpha value is -1.96. The molecule has 9 atom stereocenters. The van der Waals surface area contributed by atoms with E-state index in [1.54, 1.807) is 12.1 Å². The van der Waals surface area contributed by atoms with Crippen LogP contribution in [0.2, 0.25) is 0 Å². The Kier molecular flexibility index (Phi) is 8.33. The van der Waals surface area contributed by atoms with Gasteiger partial charge in [-0.3, -0.25) is 0 Å². The number of nitrogens with one attached hydrogen (secondary N) is 1. The van der Waals surface area contributed by atoms with Crippen molar-refractivity contribution in [2.45, 2.75) is 99.3 Å². The van der Waals surface area contributed by atoms with E-state index in [0.717, 1.165) is 18.5 Å². The maximum absolute atomic E-state index is 11.6. The van der Waals surface area contributed by atoms with Crippen LogP contribution < -0.4 is 10.5 Å². The van der Waals surface area contributed by atoms with Crippen molar-refractivity contribution in [1.29, 1.82) is 0 Å². The number of carboxylic acid groups (broad SMARTS) is 1. The maximum Gasteiger partial charge on any atom is 0.335 e. The van der Waals surface area contributed by atoms with E-state index in [4.69, 9.17) is 5.14 Å². The molecule has 5 aliphatic carbocycles. The van der Waals surface area contributed by atoms with Gasteiger partial charge in [0.2, 0.25) is 10.0 Å². The summed E-state index contributed by atoms with van der Waals surface area (Å²) in [5, 5.41) is 18.3. The van der Waals surface area contributed by atoms with Gasteiger partial charge >= 0.3 is 5.97 Å². The molecule has 6 rings (SSSR count). The molecule has 0 amide bonds. The largest absolute Gasteiger partial charge is 0.478 e. The minimum absolute atomic E-state index is 0.00226. The molecule has 1 aromatic carbocycles. The average Bonchev–Trinajstić information content (AvgIpc) is 3.35. The van der Waals surface area contributed by atoms with Gasteiger partial charge in [-0.05, 0) is 145 Å². The van der Waals surface area contributed by atoms with E-state index < -0.39 is 16.0 Å². The molecule has 0 saturated heterocycles. The fourth-order valence-corrected chi connectivity index (χ4v) is 13.5. The van der Waals surface area contributed by atoms with Crippen LogP contribution in [0.3, 0.4) is 0 Å². The van der Waals surface area contributed by atoms with Crippen molar-refractivity contribution < 1.29 is 18.3 Å². The number of hydrogen-bond donors (Lipinski definition) is 3. The van der Waals surface area contributed by atoms with Gasteiger partial charge in [-0.2, -0.15) is 0 Å². The van der Waals surface area contributed by atoms with Crippen LogP contribution in [0.15, 0.2) is 42.5 Å². The first-order valence-electron chi connectivity index (χ1n) is 17.8. The van der Waals surface area contributed by atoms with Crippen molar-refractivity contribution in [3.05, 3.63) is 53.6 Å². The predicted molar refractivity (Wildman–Crippen MR) is 187 cm³/mol. The highest BCUT2D eigenvalue weighted by Crippen LogP contribution is 2.77. The molecule has 6 nitrogen and oxygen atoms in total. The quantitative estimate of drug-likeness (QED) is 0.196. The van der Waals surface area contributed by atoms with Crippen molar-refractivity contribution in [2.24, 2.45) is 61.8 Å². The molecule has 7 heteroatoms. The lowest BCUT2D eigenvalue weighted by atomic mass is 9.32. The lowest BCUT2D eigenvalue weighted by Gasteiger charge is -2.72. The highest BCUT2D eigenvalue weighted by atomic mass is 32.2. The first-order chi connectivity index (χ1) is 21.4. The zero-order valence-electron chi connectivity index (χ0n) is 29.1. The Balaban J connectivity index is 1.30. The van der Waals surface area contributed by atoms with Crippen molar-refractivity contribution in [2.75, 3.05) is 18.8 Å². The van der Waals surface area contributed by atoms with Gasteiger partial charge in [-0.25, -0.2) is 18.4 Å². The van der Waals surface area contributed by atoms with E-state index in [1.165, 1.54) is 62.5 Å². The number of allylic oxidation sites excluding steroid dienone is 3. The van der Waals surface area contributed by atoms with Gasteiger partial charge in [-0.1, -0.05) is 65.0 Å². The fraction of sp³-hybridized carbons (Fsp3) is 0.718. The van der Waals surface area contributed by atoms with Crippen molar-refractivity contribution in [3.8, 4) is 0 Å². The van der Waals surface area contributed by atoms with Crippen molar-refractivity contribution >= 4 is 21.6 Å². The Morgan fingerprint density at radius 1 is 0.957 bits per heavy atom. The number of sulfonamides is 1. The fourth-order valence-electron chi connectivity index (χ4n) is 13.0. The van der Waals surface area contributed by atoms with Crippen LogP contribution in [-0.2, 0) is 10.0 Å². The molecule has 0 radical (unpaired) electrons. The molecule has 5 aliphatic rings. The third-order valence-electron chi connectivity index (χ3n) is 15.3. The summed E-state index contributed by atoms with van der Waals surface area (Å²) in [6.07, 6.45) is 13.4. The Morgan fingerprint density at radius 2 is 1.65 bits per heavy atom. The van der Waals surface area contributed by atoms with Crippen LogP contribution in [0.5, 0.6) is 0 Å². The average molecular weight is 651 g/mol. The molecule has 0 aromatic heterocycles. The van der Waals surface area contributed by atoms with E-state index in [2.05, 4.69) is 59.5 Å². The zero-order valence-corrected chi connectivity index (χ0v) is 29.9. The van der Waals surface area contributed by atoms with Gasteiger partial charge in [0.05, 0.1) is 11.3 Å². The lowest BCUT2D eigenvalue weighted by Crippen LogP contribution is -2.65. The molecular formula is C39H58N2O4S. The predicted octanol–water partition coefficient (Wildman–Crippen LogP) is 7.91. The molecule has 4 N–H and O–H groups in total. The van der Waals surface area contributed by atoms with E-state index >= 15 is 0 Å².